The SMILES string of the molecule is CC1CCc2sc(C(=O)NCCCOC(C)C)cc2C1. The van der Waals surface area contributed by atoms with Gasteiger partial charge < -0.3 is 10.1 Å². The summed E-state index contributed by atoms with van der Waals surface area (Å²) in [5.41, 5.74) is 1.39. The quantitative estimate of drug-likeness (QED) is 0.817. The highest BCUT2D eigenvalue weighted by Gasteiger charge is 2.20. The van der Waals surface area contributed by atoms with Crippen LogP contribution in [0.25, 0.3) is 0 Å². The minimum atomic E-state index is 0.0709. The molecular formula is C16H25NO2S. The minimum absolute atomic E-state index is 0.0709. The van der Waals surface area contributed by atoms with E-state index in [-0.39, 0.29) is 12.0 Å². The third-order valence-electron chi connectivity index (χ3n) is 3.61. The van der Waals surface area contributed by atoms with Crippen LogP contribution in [0.15, 0.2) is 6.07 Å². The predicted octanol–water partition coefficient (Wildman–Crippen LogP) is 3.42. The average Bonchev–Trinajstić information content (AvgIpc) is 2.80. The highest BCUT2D eigenvalue weighted by molar-refractivity contribution is 7.14. The van der Waals surface area contributed by atoms with Crippen molar-refractivity contribution >= 4 is 17.2 Å². The lowest BCUT2D eigenvalue weighted by molar-refractivity contribution is 0.0757. The van der Waals surface area contributed by atoms with Crippen LogP contribution in [0.2, 0.25) is 0 Å². The molecule has 0 radical (unpaired) electrons. The van der Waals surface area contributed by atoms with Crippen molar-refractivity contribution in [2.24, 2.45) is 5.92 Å². The van der Waals surface area contributed by atoms with Crippen molar-refractivity contribution in [1.82, 2.24) is 5.32 Å². The lowest BCUT2D eigenvalue weighted by Crippen LogP contribution is -2.24. The van der Waals surface area contributed by atoms with Crippen molar-refractivity contribution < 1.29 is 9.53 Å². The van der Waals surface area contributed by atoms with Crippen molar-refractivity contribution in [3.05, 3.63) is 21.4 Å². The molecule has 3 nitrogen and oxygen atoms in total. The summed E-state index contributed by atoms with van der Waals surface area (Å²) in [7, 11) is 0. The first kappa shape index (κ1) is 15.5. The lowest BCUT2D eigenvalue weighted by Gasteiger charge is -2.16. The number of fused-ring (bicyclic) bond motifs is 1. The van der Waals surface area contributed by atoms with E-state index in [1.165, 1.54) is 16.9 Å². The Morgan fingerprint density at radius 1 is 1.55 bits per heavy atom. The molecule has 1 aromatic heterocycles. The standard InChI is InChI=1S/C16H25NO2S/c1-11(2)19-8-4-7-17-16(18)15-10-13-9-12(3)5-6-14(13)20-15/h10-12H,4-9H2,1-3H3,(H,17,18). The van der Waals surface area contributed by atoms with E-state index in [0.29, 0.717) is 13.2 Å². The molecule has 0 aliphatic heterocycles. The second-order valence-electron chi connectivity index (χ2n) is 5.94. The van der Waals surface area contributed by atoms with Crippen LogP contribution in [0.3, 0.4) is 0 Å². The summed E-state index contributed by atoms with van der Waals surface area (Å²) < 4.78 is 5.46. The third-order valence-corrected chi connectivity index (χ3v) is 4.85. The summed E-state index contributed by atoms with van der Waals surface area (Å²) in [6, 6.07) is 2.09. The fraction of sp³-hybridized carbons (Fsp3) is 0.688. The Kier molecular flexibility index (Phi) is 5.61. The van der Waals surface area contributed by atoms with Crippen LogP contribution in [0, 0.1) is 5.92 Å². The molecule has 1 heterocycles. The zero-order valence-corrected chi connectivity index (χ0v) is 13.5. The summed E-state index contributed by atoms with van der Waals surface area (Å²) in [6.45, 7) is 7.72. The lowest BCUT2D eigenvalue weighted by atomic mass is 9.90. The van der Waals surface area contributed by atoms with Gasteiger partial charge in [0.1, 0.15) is 0 Å². The van der Waals surface area contributed by atoms with Crippen LogP contribution >= 0.6 is 11.3 Å². The largest absolute Gasteiger partial charge is 0.379 e. The molecule has 1 N–H and O–H groups in total. The Morgan fingerprint density at radius 2 is 2.35 bits per heavy atom. The van der Waals surface area contributed by atoms with E-state index in [1.807, 2.05) is 13.8 Å². The first-order chi connectivity index (χ1) is 9.56. The number of amides is 1. The van der Waals surface area contributed by atoms with E-state index in [4.69, 9.17) is 4.74 Å². The molecule has 0 saturated carbocycles. The Hall–Kier alpha value is -0.870. The van der Waals surface area contributed by atoms with Gasteiger partial charge in [-0.05, 0) is 57.1 Å². The maximum atomic E-state index is 12.1. The zero-order chi connectivity index (χ0) is 14.5. The Bertz CT molecular complexity index is 453. The van der Waals surface area contributed by atoms with Gasteiger partial charge in [0.15, 0.2) is 0 Å². The summed E-state index contributed by atoms with van der Waals surface area (Å²) >= 11 is 1.67. The van der Waals surface area contributed by atoms with E-state index < -0.39 is 0 Å². The molecule has 4 heteroatoms. The summed E-state index contributed by atoms with van der Waals surface area (Å²) in [5.74, 6) is 0.822. The molecule has 0 spiro atoms. The highest BCUT2D eigenvalue weighted by atomic mass is 32.1. The van der Waals surface area contributed by atoms with Crippen LogP contribution < -0.4 is 5.32 Å². The summed E-state index contributed by atoms with van der Waals surface area (Å²) in [4.78, 5) is 14.4. The summed E-state index contributed by atoms with van der Waals surface area (Å²) in [6.07, 6.45) is 4.64. The number of nitrogens with one attached hydrogen (secondary N) is 1. The number of ether oxygens (including phenoxy) is 1. The fourth-order valence-electron chi connectivity index (χ4n) is 2.50. The first-order valence-electron chi connectivity index (χ1n) is 7.57. The number of carbonyl (C=O) groups is 1. The zero-order valence-electron chi connectivity index (χ0n) is 12.7. The Labute approximate surface area is 125 Å². The normalized spacial score (nSPS) is 18.1. The van der Waals surface area contributed by atoms with Crippen LogP contribution in [0.5, 0.6) is 0 Å². The van der Waals surface area contributed by atoms with Gasteiger partial charge in [-0.15, -0.1) is 11.3 Å². The molecule has 1 unspecified atom stereocenters. The van der Waals surface area contributed by atoms with E-state index in [0.717, 1.165) is 30.1 Å². The Morgan fingerprint density at radius 3 is 3.10 bits per heavy atom. The molecular weight excluding hydrogens is 270 g/mol. The second-order valence-corrected chi connectivity index (χ2v) is 7.07. The van der Waals surface area contributed by atoms with Gasteiger partial charge in [0, 0.05) is 18.0 Å². The molecule has 2 rings (SSSR count). The maximum absolute atomic E-state index is 12.1. The van der Waals surface area contributed by atoms with E-state index in [1.54, 1.807) is 11.3 Å². The number of rotatable bonds is 6. The molecule has 20 heavy (non-hydrogen) atoms. The van der Waals surface area contributed by atoms with Gasteiger partial charge in [-0.3, -0.25) is 4.79 Å². The van der Waals surface area contributed by atoms with Gasteiger partial charge in [-0.2, -0.15) is 0 Å². The van der Waals surface area contributed by atoms with Gasteiger partial charge in [-0.1, -0.05) is 6.92 Å². The molecule has 0 saturated heterocycles. The van der Waals surface area contributed by atoms with E-state index >= 15 is 0 Å². The molecule has 1 aromatic rings. The molecule has 1 amide bonds. The van der Waals surface area contributed by atoms with Crippen LogP contribution in [0.1, 0.15) is 53.7 Å². The van der Waals surface area contributed by atoms with Gasteiger partial charge in [0.2, 0.25) is 0 Å². The van der Waals surface area contributed by atoms with Crippen molar-refractivity contribution in [2.75, 3.05) is 13.2 Å². The van der Waals surface area contributed by atoms with Gasteiger partial charge in [-0.25, -0.2) is 0 Å². The minimum Gasteiger partial charge on any atom is -0.379 e. The molecule has 0 aromatic carbocycles. The van der Waals surface area contributed by atoms with Crippen molar-refractivity contribution in [1.29, 1.82) is 0 Å². The number of hydrogen-bond acceptors (Lipinski definition) is 3. The second kappa shape index (κ2) is 7.23. The number of carbonyl (C=O) groups excluding carboxylic acids is 1. The van der Waals surface area contributed by atoms with Gasteiger partial charge >= 0.3 is 0 Å². The van der Waals surface area contributed by atoms with Crippen LogP contribution in [-0.4, -0.2) is 25.2 Å². The molecule has 0 bridgehead atoms. The predicted molar refractivity (Wildman–Crippen MR) is 83.5 cm³/mol. The molecule has 1 aliphatic rings. The topological polar surface area (TPSA) is 38.3 Å². The van der Waals surface area contributed by atoms with Crippen molar-refractivity contribution in [2.45, 2.75) is 52.6 Å². The van der Waals surface area contributed by atoms with Crippen LogP contribution in [-0.2, 0) is 17.6 Å². The third kappa shape index (κ3) is 4.32. The van der Waals surface area contributed by atoms with Crippen molar-refractivity contribution in [3.63, 3.8) is 0 Å². The molecule has 1 atom stereocenters. The highest BCUT2D eigenvalue weighted by Crippen LogP contribution is 2.32. The monoisotopic (exact) mass is 295 g/mol. The van der Waals surface area contributed by atoms with Crippen LogP contribution in [0.4, 0.5) is 0 Å². The number of thiophene rings is 1. The van der Waals surface area contributed by atoms with E-state index in [9.17, 15) is 4.79 Å². The number of hydrogen-bond donors (Lipinski definition) is 1. The maximum Gasteiger partial charge on any atom is 0.261 e. The van der Waals surface area contributed by atoms with Gasteiger partial charge in [0.25, 0.3) is 5.91 Å². The molecule has 112 valence electrons. The smallest absolute Gasteiger partial charge is 0.261 e. The number of aryl methyl sites for hydroxylation is 1. The van der Waals surface area contributed by atoms with Crippen molar-refractivity contribution in [3.8, 4) is 0 Å². The Balaban J connectivity index is 1.78. The summed E-state index contributed by atoms with van der Waals surface area (Å²) in [5, 5.41) is 2.98. The molecule has 0 fully saturated rings. The first-order valence-corrected chi connectivity index (χ1v) is 8.39. The molecule has 1 aliphatic carbocycles. The van der Waals surface area contributed by atoms with Gasteiger partial charge in [0.05, 0.1) is 11.0 Å². The van der Waals surface area contributed by atoms with E-state index in [2.05, 4.69) is 18.3 Å². The average molecular weight is 295 g/mol. The fourth-order valence-corrected chi connectivity index (χ4v) is 3.62.